The van der Waals surface area contributed by atoms with Crippen molar-refractivity contribution in [3.05, 3.63) is 52.5 Å². The van der Waals surface area contributed by atoms with Crippen LogP contribution in [0.4, 0.5) is 5.69 Å². The molecule has 0 atom stereocenters. The molecule has 0 aliphatic rings. The predicted octanol–water partition coefficient (Wildman–Crippen LogP) is 4.13. The molecule has 2 aromatic rings. The highest BCUT2D eigenvalue weighted by molar-refractivity contribution is 9.10. The molecule has 2 rings (SSSR count). The number of halogens is 1. The molecule has 0 spiro atoms. The second-order valence-corrected chi connectivity index (χ2v) is 5.78. The molecule has 0 unspecified atom stereocenters. The van der Waals surface area contributed by atoms with Crippen LogP contribution < -0.4 is 14.8 Å². The molecule has 1 amide bonds. The summed E-state index contributed by atoms with van der Waals surface area (Å²) in [6, 6.07) is 12.5. The Morgan fingerprint density at radius 2 is 1.88 bits per heavy atom. The molecule has 0 radical (unpaired) electrons. The molecule has 0 saturated heterocycles. The van der Waals surface area contributed by atoms with Crippen molar-refractivity contribution in [1.82, 2.24) is 0 Å². The van der Waals surface area contributed by atoms with Crippen LogP contribution in [0.3, 0.4) is 0 Å². The minimum Gasteiger partial charge on any atom is -0.496 e. The number of benzene rings is 2. The van der Waals surface area contributed by atoms with Crippen molar-refractivity contribution < 1.29 is 19.0 Å². The maximum absolute atomic E-state index is 12.4. The molecule has 0 aliphatic heterocycles. The molecule has 6 heteroatoms. The van der Waals surface area contributed by atoms with Gasteiger partial charge in [0, 0.05) is 16.8 Å². The normalized spacial score (nSPS) is 10.3. The Kier molecular flexibility index (Phi) is 7.08. The number of carbonyl (C=O) groups excluding carboxylic acids is 1. The summed E-state index contributed by atoms with van der Waals surface area (Å²) in [6.45, 7) is 3.66. The largest absolute Gasteiger partial charge is 0.496 e. The van der Waals surface area contributed by atoms with Gasteiger partial charge in [-0.2, -0.15) is 0 Å². The van der Waals surface area contributed by atoms with Crippen molar-refractivity contribution >= 4 is 27.5 Å². The third-order valence-electron chi connectivity index (χ3n) is 3.22. The quantitative estimate of drug-likeness (QED) is 0.685. The summed E-state index contributed by atoms with van der Waals surface area (Å²) in [4.78, 5) is 12.4. The topological polar surface area (TPSA) is 56.8 Å². The molecule has 128 valence electrons. The van der Waals surface area contributed by atoms with E-state index in [1.54, 1.807) is 36.4 Å². The highest BCUT2D eigenvalue weighted by Gasteiger charge is 2.13. The van der Waals surface area contributed by atoms with E-state index in [1.165, 1.54) is 7.11 Å². The fraction of sp³-hybridized carbons (Fsp3) is 0.278. The summed E-state index contributed by atoms with van der Waals surface area (Å²) in [5.41, 5.74) is 1.14. The molecule has 1 N–H and O–H groups in total. The highest BCUT2D eigenvalue weighted by Crippen LogP contribution is 2.24. The monoisotopic (exact) mass is 393 g/mol. The van der Waals surface area contributed by atoms with Gasteiger partial charge in [-0.25, -0.2) is 0 Å². The van der Waals surface area contributed by atoms with Crippen LogP contribution in [0.15, 0.2) is 46.9 Å². The smallest absolute Gasteiger partial charge is 0.259 e. The molecular weight excluding hydrogens is 374 g/mol. The number of carbonyl (C=O) groups is 1. The average molecular weight is 394 g/mol. The fourth-order valence-corrected chi connectivity index (χ4v) is 2.41. The van der Waals surface area contributed by atoms with E-state index in [9.17, 15) is 4.79 Å². The Morgan fingerprint density at radius 3 is 2.54 bits per heavy atom. The van der Waals surface area contributed by atoms with Gasteiger partial charge in [-0.05, 0) is 49.4 Å². The van der Waals surface area contributed by atoms with Gasteiger partial charge in [0.2, 0.25) is 0 Å². The lowest BCUT2D eigenvalue weighted by Gasteiger charge is -2.11. The van der Waals surface area contributed by atoms with E-state index in [0.717, 1.165) is 10.2 Å². The Morgan fingerprint density at radius 1 is 1.12 bits per heavy atom. The molecule has 0 bridgehead atoms. The first-order valence-corrected chi connectivity index (χ1v) is 8.39. The van der Waals surface area contributed by atoms with E-state index in [4.69, 9.17) is 14.2 Å². The summed E-state index contributed by atoms with van der Waals surface area (Å²) in [5.74, 6) is 1.01. The lowest BCUT2D eigenvalue weighted by Crippen LogP contribution is -2.13. The number of rotatable bonds is 8. The van der Waals surface area contributed by atoms with Gasteiger partial charge in [0.25, 0.3) is 5.91 Å². The van der Waals surface area contributed by atoms with E-state index in [2.05, 4.69) is 21.2 Å². The Hall–Kier alpha value is -2.05. The van der Waals surface area contributed by atoms with E-state index in [1.807, 2.05) is 13.0 Å². The number of anilines is 1. The number of amides is 1. The Bertz CT molecular complexity index is 673. The van der Waals surface area contributed by atoms with Crippen LogP contribution >= 0.6 is 15.9 Å². The predicted molar refractivity (Wildman–Crippen MR) is 97.1 cm³/mol. The van der Waals surface area contributed by atoms with Gasteiger partial charge in [-0.3, -0.25) is 4.79 Å². The Balaban J connectivity index is 1.98. The standard InChI is InChI=1S/C18H20BrNO4/c1-3-23-10-11-24-15-7-5-14(6-8-15)20-18(21)16-12-13(19)4-9-17(16)22-2/h4-9,12H,3,10-11H2,1-2H3,(H,20,21). The molecule has 0 saturated carbocycles. The van der Waals surface area contributed by atoms with Crippen molar-refractivity contribution in [2.24, 2.45) is 0 Å². The molecule has 2 aromatic carbocycles. The van der Waals surface area contributed by atoms with Gasteiger partial charge >= 0.3 is 0 Å². The summed E-state index contributed by atoms with van der Waals surface area (Å²) < 4.78 is 16.8. The van der Waals surface area contributed by atoms with Crippen molar-refractivity contribution in [3.8, 4) is 11.5 Å². The van der Waals surface area contributed by atoms with Gasteiger partial charge in [0.15, 0.2) is 0 Å². The average Bonchev–Trinajstić information content (AvgIpc) is 2.60. The third kappa shape index (κ3) is 5.25. The SMILES string of the molecule is CCOCCOc1ccc(NC(=O)c2cc(Br)ccc2OC)cc1. The van der Waals surface area contributed by atoms with Crippen molar-refractivity contribution in [1.29, 1.82) is 0 Å². The molecule has 5 nitrogen and oxygen atoms in total. The van der Waals surface area contributed by atoms with Gasteiger partial charge in [-0.1, -0.05) is 15.9 Å². The fourth-order valence-electron chi connectivity index (χ4n) is 2.05. The van der Waals surface area contributed by atoms with Crippen LogP contribution in [-0.2, 0) is 4.74 Å². The zero-order valence-electron chi connectivity index (χ0n) is 13.7. The number of ether oxygens (including phenoxy) is 3. The van der Waals surface area contributed by atoms with Crippen LogP contribution in [0.25, 0.3) is 0 Å². The minimum absolute atomic E-state index is 0.238. The second kappa shape index (κ2) is 9.30. The molecule has 24 heavy (non-hydrogen) atoms. The molecule has 0 aliphatic carbocycles. The van der Waals surface area contributed by atoms with Gasteiger partial charge in [0.05, 0.1) is 19.3 Å². The first-order valence-electron chi connectivity index (χ1n) is 7.59. The maximum Gasteiger partial charge on any atom is 0.259 e. The van der Waals surface area contributed by atoms with Crippen LogP contribution in [0.2, 0.25) is 0 Å². The van der Waals surface area contributed by atoms with Gasteiger partial charge < -0.3 is 19.5 Å². The van der Waals surface area contributed by atoms with E-state index >= 15 is 0 Å². The summed E-state index contributed by atoms with van der Waals surface area (Å²) >= 11 is 3.36. The summed E-state index contributed by atoms with van der Waals surface area (Å²) in [7, 11) is 1.54. The lowest BCUT2D eigenvalue weighted by molar-refractivity contribution is 0.102. The third-order valence-corrected chi connectivity index (χ3v) is 3.71. The number of methoxy groups -OCH3 is 1. The lowest BCUT2D eigenvalue weighted by atomic mass is 10.2. The molecule has 0 fully saturated rings. The van der Waals surface area contributed by atoms with Crippen molar-refractivity contribution in [3.63, 3.8) is 0 Å². The zero-order chi connectivity index (χ0) is 17.4. The van der Waals surface area contributed by atoms with Crippen LogP contribution in [-0.4, -0.2) is 32.8 Å². The van der Waals surface area contributed by atoms with E-state index in [0.29, 0.717) is 36.8 Å². The second-order valence-electron chi connectivity index (χ2n) is 4.87. The number of hydrogen-bond acceptors (Lipinski definition) is 4. The zero-order valence-corrected chi connectivity index (χ0v) is 15.3. The maximum atomic E-state index is 12.4. The van der Waals surface area contributed by atoms with E-state index < -0.39 is 0 Å². The van der Waals surface area contributed by atoms with Crippen molar-refractivity contribution in [2.75, 3.05) is 32.2 Å². The first-order chi connectivity index (χ1) is 11.6. The highest BCUT2D eigenvalue weighted by atomic mass is 79.9. The van der Waals surface area contributed by atoms with Crippen molar-refractivity contribution in [2.45, 2.75) is 6.92 Å². The number of nitrogens with one attached hydrogen (secondary N) is 1. The van der Waals surface area contributed by atoms with Gasteiger partial charge in [-0.15, -0.1) is 0 Å². The first kappa shape index (κ1) is 18.3. The Labute approximate surface area is 150 Å². The number of hydrogen-bond donors (Lipinski definition) is 1. The van der Waals surface area contributed by atoms with Gasteiger partial charge in [0.1, 0.15) is 18.1 Å². The minimum atomic E-state index is -0.238. The summed E-state index contributed by atoms with van der Waals surface area (Å²) in [6.07, 6.45) is 0. The molecule has 0 aromatic heterocycles. The summed E-state index contributed by atoms with van der Waals surface area (Å²) in [5, 5.41) is 2.84. The van der Waals surface area contributed by atoms with E-state index in [-0.39, 0.29) is 5.91 Å². The van der Waals surface area contributed by atoms with Crippen LogP contribution in [0.5, 0.6) is 11.5 Å². The molecular formula is C18H20BrNO4. The van der Waals surface area contributed by atoms with Crippen LogP contribution in [0.1, 0.15) is 17.3 Å². The van der Waals surface area contributed by atoms with Crippen LogP contribution in [0, 0.1) is 0 Å². The molecule has 0 heterocycles.